The van der Waals surface area contributed by atoms with Crippen molar-refractivity contribution >= 4 is 39.0 Å². The quantitative estimate of drug-likeness (QED) is 0.835. The van der Waals surface area contributed by atoms with Gasteiger partial charge in [-0.05, 0) is 41.4 Å². The second-order valence-electron chi connectivity index (χ2n) is 3.42. The van der Waals surface area contributed by atoms with E-state index >= 15 is 0 Å². The molecule has 2 atom stereocenters. The Bertz CT molecular complexity index is 300. The molecule has 1 nitrogen and oxygen atoms in total. The zero-order valence-corrected chi connectivity index (χ0v) is 11.3. The van der Waals surface area contributed by atoms with Crippen LogP contribution in [-0.4, -0.2) is 18.0 Å². The molecule has 0 amide bonds. The van der Waals surface area contributed by atoms with Crippen LogP contribution in [0.25, 0.3) is 0 Å². The molecule has 0 spiro atoms. The summed E-state index contributed by atoms with van der Waals surface area (Å²) in [7, 11) is 0. The van der Waals surface area contributed by atoms with E-state index in [0.717, 1.165) is 12.4 Å². The van der Waals surface area contributed by atoms with Crippen LogP contribution in [0.15, 0.2) is 15.9 Å². The van der Waals surface area contributed by atoms with Gasteiger partial charge in [0.2, 0.25) is 0 Å². The molecule has 0 N–H and O–H groups in total. The van der Waals surface area contributed by atoms with Gasteiger partial charge in [-0.3, -0.25) is 0 Å². The van der Waals surface area contributed by atoms with Gasteiger partial charge < -0.3 is 4.74 Å². The van der Waals surface area contributed by atoms with E-state index in [1.165, 1.54) is 15.1 Å². The monoisotopic (exact) mass is 292 g/mol. The van der Waals surface area contributed by atoms with E-state index in [4.69, 9.17) is 4.74 Å². The lowest BCUT2D eigenvalue weighted by molar-refractivity contribution is 0.127. The van der Waals surface area contributed by atoms with Gasteiger partial charge in [0.05, 0.1) is 9.89 Å². The van der Waals surface area contributed by atoms with Gasteiger partial charge >= 0.3 is 0 Å². The predicted octanol–water partition coefficient (Wildman–Crippen LogP) is 3.92. The van der Waals surface area contributed by atoms with Crippen molar-refractivity contribution in [2.24, 2.45) is 0 Å². The summed E-state index contributed by atoms with van der Waals surface area (Å²) in [6.45, 7) is 3.11. The number of ether oxygens (including phenoxy) is 1. The summed E-state index contributed by atoms with van der Waals surface area (Å²) in [4.78, 5) is 1.45. The highest BCUT2D eigenvalue weighted by atomic mass is 79.9. The Kier molecular flexibility index (Phi) is 3.93. The second kappa shape index (κ2) is 5.01. The molecule has 2 unspecified atom stereocenters. The molecule has 78 valence electrons. The number of thiophene rings is 1. The van der Waals surface area contributed by atoms with Crippen LogP contribution in [0.4, 0.5) is 0 Å². The van der Waals surface area contributed by atoms with Crippen molar-refractivity contribution in [3.8, 4) is 0 Å². The van der Waals surface area contributed by atoms with Crippen LogP contribution in [0, 0.1) is 0 Å². The maximum atomic E-state index is 5.53. The van der Waals surface area contributed by atoms with Gasteiger partial charge in [-0.15, -0.1) is 11.3 Å². The Morgan fingerprint density at radius 2 is 2.50 bits per heavy atom. The summed E-state index contributed by atoms with van der Waals surface area (Å²) in [5.41, 5.74) is 0. The smallest absolute Gasteiger partial charge is 0.0701 e. The van der Waals surface area contributed by atoms with Gasteiger partial charge in [-0.2, -0.15) is 11.8 Å². The first kappa shape index (κ1) is 11.0. The number of hydrogen-bond acceptors (Lipinski definition) is 3. The summed E-state index contributed by atoms with van der Waals surface area (Å²) in [6, 6.07) is 4.32. The summed E-state index contributed by atoms with van der Waals surface area (Å²) in [5.74, 6) is 1.12. The SMILES string of the molecule is CC1OCCC1SCc1ccc(Br)s1. The van der Waals surface area contributed by atoms with Crippen LogP contribution < -0.4 is 0 Å². The van der Waals surface area contributed by atoms with Gasteiger partial charge in [-0.1, -0.05) is 0 Å². The number of hydrogen-bond donors (Lipinski definition) is 0. The highest BCUT2D eigenvalue weighted by Crippen LogP contribution is 2.32. The summed E-state index contributed by atoms with van der Waals surface area (Å²) in [6.07, 6.45) is 1.64. The van der Waals surface area contributed by atoms with Gasteiger partial charge in [0.25, 0.3) is 0 Å². The molecule has 14 heavy (non-hydrogen) atoms. The van der Waals surface area contributed by atoms with Crippen molar-refractivity contribution < 1.29 is 4.74 Å². The molecule has 0 saturated carbocycles. The number of rotatable bonds is 3. The standard InChI is InChI=1S/C10H13BrOS2/c1-7-9(4-5-12-7)13-6-8-2-3-10(11)14-8/h2-3,7,9H,4-6H2,1H3. The minimum atomic E-state index is 0.434. The summed E-state index contributed by atoms with van der Waals surface area (Å²) >= 11 is 7.33. The Hall–Kier alpha value is 0.490. The van der Waals surface area contributed by atoms with E-state index in [2.05, 4.69) is 35.0 Å². The van der Waals surface area contributed by atoms with Crippen molar-refractivity contribution in [1.82, 2.24) is 0 Å². The fourth-order valence-electron chi connectivity index (χ4n) is 1.55. The molecular formula is C10H13BrOS2. The first-order valence-electron chi connectivity index (χ1n) is 4.73. The van der Waals surface area contributed by atoms with Gasteiger partial charge in [0, 0.05) is 22.5 Å². The molecule has 0 aromatic carbocycles. The van der Waals surface area contributed by atoms with Crippen LogP contribution in [0.3, 0.4) is 0 Å². The maximum absolute atomic E-state index is 5.53. The maximum Gasteiger partial charge on any atom is 0.0701 e. The molecule has 1 aromatic heterocycles. The summed E-state index contributed by atoms with van der Waals surface area (Å²) < 4.78 is 6.76. The molecule has 4 heteroatoms. The fraction of sp³-hybridized carbons (Fsp3) is 0.600. The van der Waals surface area contributed by atoms with E-state index in [0.29, 0.717) is 11.4 Å². The first-order chi connectivity index (χ1) is 6.75. The molecule has 1 aromatic rings. The molecule has 0 bridgehead atoms. The van der Waals surface area contributed by atoms with E-state index < -0.39 is 0 Å². The molecule has 0 aliphatic carbocycles. The van der Waals surface area contributed by atoms with Crippen LogP contribution in [0.1, 0.15) is 18.2 Å². The molecule has 2 rings (SSSR count). The van der Waals surface area contributed by atoms with Crippen molar-refractivity contribution in [3.05, 3.63) is 20.8 Å². The van der Waals surface area contributed by atoms with Crippen LogP contribution in [0.5, 0.6) is 0 Å². The van der Waals surface area contributed by atoms with Gasteiger partial charge in [0.1, 0.15) is 0 Å². The Balaban J connectivity index is 1.82. The minimum Gasteiger partial charge on any atom is -0.377 e. The Morgan fingerprint density at radius 3 is 3.07 bits per heavy atom. The molecule has 1 aliphatic heterocycles. The lowest BCUT2D eigenvalue weighted by Crippen LogP contribution is -2.13. The summed E-state index contributed by atoms with van der Waals surface area (Å²) in [5, 5.41) is 0.691. The molecular weight excluding hydrogens is 280 g/mol. The van der Waals surface area contributed by atoms with Crippen molar-refractivity contribution in [2.45, 2.75) is 30.5 Å². The molecule has 1 saturated heterocycles. The van der Waals surface area contributed by atoms with Gasteiger partial charge in [0.15, 0.2) is 0 Å². The fourth-order valence-corrected chi connectivity index (χ4v) is 4.35. The normalized spacial score (nSPS) is 27.0. The number of halogens is 1. The lowest BCUT2D eigenvalue weighted by atomic mass is 10.3. The van der Waals surface area contributed by atoms with E-state index in [1.54, 1.807) is 0 Å². The molecule has 1 fully saturated rings. The van der Waals surface area contributed by atoms with Crippen LogP contribution >= 0.6 is 39.0 Å². The van der Waals surface area contributed by atoms with Crippen molar-refractivity contribution in [3.63, 3.8) is 0 Å². The van der Waals surface area contributed by atoms with E-state index in [-0.39, 0.29) is 0 Å². The third-order valence-electron chi connectivity index (χ3n) is 2.38. The average molecular weight is 293 g/mol. The van der Waals surface area contributed by atoms with Crippen molar-refractivity contribution in [2.75, 3.05) is 6.61 Å². The average Bonchev–Trinajstić information content (AvgIpc) is 2.72. The Labute approximate surface area is 101 Å². The largest absolute Gasteiger partial charge is 0.377 e. The van der Waals surface area contributed by atoms with E-state index in [1.807, 2.05) is 23.1 Å². The predicted molar refractivity (Wildman–Crippen MR) is 67.1 cm³/mol. The third-order valence-corrected chi connectivity index (χ3v) is 5.71. The number of thioether (sulfide) groups is 1. The minimum absolute atomic E-state index is 0.434. The van der Waals surface area contributed by atoms with E-state index in [9.17, 15) is 0 Å². The highest BCUT2D eigenvalue weighted by molar-refractivity contribution is 9.11. The topological polar surface area (TPSA) is 9.23 Å². The second-order valence-corrected chi connectivity index (χ2v) is 7.19. The Morgan fingerprint density at radius 1 is 1.64 bits per heavy atom. The van der Waals surface area contributed by atoms with Crippen LogP contribution in [-0.2, 0) is 10.5 Å². The van der Waals surface area contributed by atoms with Crippen molar-refractivity contribution in [1.29, 1.82) is 0 Å². The molecule has 1 aliphatic rings. The zero-order valence-electron chi connectivity index (χ0n) is 8.03. The molecule has 0 radical (unpaired) electrons. The third kappa shape index (κ3) is 2.75. The first-order valence-corrected chi connectivity index (χ1v) is 7.39. The lowest BCUT2D eigenvalue weighted by Gasteiger charge is -2.12. The van der Waals surface area contributed by atoms with Gasteiger partial charge in [-0.25, -0.2) is 0 Å². The highest BCUT2D eigenvalue weighted by Gasteiger charge is 2.24. The zero-order chi connectivity index (χ0) is 9.97. The molecule has 2 heterocycles. The van der Waals surface area contributed by atoms with Crippen LogP contribution in [0.2, 0.25) is 0 Å².